The lowest BCUT2D eigenvalue weighted by Gasteiger charge is -2.13. The van der Waals surface area contributed by atoms with Crippen LogP contribution in [-0.4, -0.2) is 13.1 Å². The Kier molecular flexibility index (Phi) is 2.70. The number of nitrogens with one attached hydrogen (secondary N) is 1. The molecule has 2 aromatic carbocycles. The Morgan fingerprint density at radius 3 is 2.69 bits per heavy atom. The fourth-order valence-electron chi connectivity index (χ4n) is 2.58. The van der Waals surface area contributed by atoms with Gasteiger partial charge in [0.2, 0.25) is 0 Å². The van der Waals surface area contributed by atoms with Crippen LogP contribution in [-0.2, 0) is 0 Å². The van der Waals surface area contributed by atoms with E-state index >= 15 is 0 Å². The Hall–Kier alpha value is -0.860. The molecule has 0 aliphatic carbocycles. The first kappa shape index (κ1) is 10.3. The molecule has 1 N–H and O–H groups in total. The van der Waals surface area contributed by atoms with Crippen molar-refractivity contribution in [1.82, 2.24) is 5.32 Å². The summed E-state index contributed by atoms with van der Waals surface area (Å²) < 4.78 is 1.22. The van der Waals surface area contributed by atoms with E-state index in [0.717, 1.165) is 13.1 Å². The average molecular weight is 276 g/mol. The van der Waals surface area contributed by atoms with E-state index in [0.29, 0.717) is 5.92 Å². The molecule has 0 aromatic heterocycles. The summed E-state index contributed by atoms with van der Waals surface area (Å²) in [7, 11) is 0. The molecule has 0 bridgehead atoms. The van der Waals surface area contributed by atoms with Gasteiger partial charge in [0.05, 0.1) is 0 Å². The van der Waals surface area contributed by atoms with Crippen molar-refractivity contribution in [3.8, 4) is 0 Å². The molecule has 0 spiro atoms. The van der Waals surface area contributed by atoms with Gasteiger partial charge in [-0.25, -0.2) is 0 Å². The molecule has 0 amide bonds. The normalized spacial score (nSPS) is 20.4. The van der Waals surface area contributed by atoms with Crippen LogP contribution in [0.2, 0.25) is 0 Å². The molecule has 82 valence electrons. The van der Waals surface area contributed by atoms with Crippen molar-refractivity contribution in [3.63, 3.8) is 0 Å². The number of rotatable bonds is 1. The van der Waals surface area contributed by atoms with Gasteiger partial charge in [-0.15, -0.1) is 0 Å². The molecule has 16 heavy (non-hydrogen) atoms. The fourth-order valence-corrected chi connectivity index (χ4v) is 3.19. The van der Waals surface area contributed by atoms with Crippen molar-refractivity contribution in [2.24, 2.45) is 0 Å². The SMILES string of the molecule is Brc1cccc2cccc(C3CCNC3)c12. The summed E-state index contributed by atoms with van der Waals surface area (Å²) in [6.45, 7) is 2.26. The van der Waals surface area contributed by atoms with Gasteiger partial charge in [-0.05, 0) is 41.3 Å². The van der Waals surface area contributed by atoms with Crippen LogP contribution in [0.4, 0.5) is 0 Å². The summed E-state index contributed by atoms with van der Waals surface area (Å²) in [5.74, 6) is 0.669. The summed E-state index contributed by atoms with van der Waals surface area (Å²) in [4.78, 5) is 0. The number of benzene rings is 2. The van der Waals surface area contributed by atoms with E-state index in [9.17, 15) is 0 Å². The summed E-state index contributed by atoms with van der Waals surface area (Å²) in [6.07, 6.45) is 1.25. The first-order valence-corrected chi connectivity index (χ1v) is 6.53. The molecular weight excluding hydrogens is 262 g/mol. The van der Waals surface area contributed by atoms with Crippen LogP contribution in [0.25, 0.3) is 10.8 Å². The molecule has 1 unspecified atom stereocenters. The van der Waals surface area contributed by atoms with E-state index < -0.39 is 0 Å². The van der Waals surface area contributed by atoms with E-state index in [2.05, 4.69) is 57.6 Å². The zero-order valence-electron chi connectivity index (χ0n) is 9.04. The molecule has 3 rings (SSSR count). The lowest BCUT2D eigenvalue weighted by Crippen LogP contribution is -2.08. The van der Waals surface area contributed by atoms with Crippen molar-refractivity contribution in [2.75, 3.05) is 13.1 Å². The van der Waals surface area contributed by atoms with Crippen LogP contribution in [0.1, 0.15) is 17.9 Å². The summed E-state index contributed by atoms with van der Waals surface area (Å²) >= 11 is 3.67. The predicted molar refractivity (Wildman–Crippen MR) is 71.9 cm³/mol. The molecule has 0 saturated carbocycles. The van der Waals surface area contributed by atoms with E-state index in [1.165, 1.54) is 27.2 Å². The molecule has 2 heteroatoms. The Balaban J connectivity index is 2.23. The standard InChI is InChI=1S/C14H14BrN/c15-13-6-2-4-10-3-1-5-12(14(10)13)11-7-8-16-9-11/h1-6,11,16H,7-9H2. The van der Waals surface area contributed by atoms with E-state index in [4.69, 9.17) is 0 Å². The summed E-state index contributed by atoms with van der Waals surface area (Å²) in [5, 5.41) is 6.16. The van der Waals surface area contributed by atoms with Crippen molar-refractivity contribution in [1.29, 1.82) is 0 Å². The van der Waals surface area contributed by atoms with Gasteiger partial charge >= 0.3 is 0 Å². The minimum absolute atomic E-state index is 0.669. The third-order valence-corrected chi connectivity index (χ3v) is 4.05. The minimum Gasteiger partial charge on any atom is -0.316 e. The Morgan fingerprint density at radius 2 is 1.94 bits per heavy atom. The Labute approximate surface area is 104 Å². The molecular formula is C14H14BrN. The maximum atomic E-state index is 3.67. The zero-order chi connectivity index (χ0) is 11.0. The predicted octanol–water partition coefficient (Wildman–Crippen LogP) is 3.68. The quantitative estimate of drug-likeness (QED) is 0.837. The van der Waals surface area contributed by atoms with Crippen LogP contribution in [0.3, 0.4) is 0 Å². The third-order valence-electron chi connectivity index (χ3n) is 3.39. The van der Waals surface area contributed by atoms with Crippen molar-refractivity contribution >= 4 is 26.7 Å². The lowest BCUT2D eigenvalue weighted by atomic mass is 9.93. The van der Waals surface area contributed by atoms with E-state index in [1.807, 2.05) is 0 Å². The highest BCUT2D eigenvalue weighted by molar-refractivity contribution is 9.10. The minimum atomic E-state index is 0.669. The second kappa shape index (κ2) is 4.19. The Morgan fingerprint density at radius 1 is 1.12 bits per heavy atom. The van der Waals surface area contributed by atoms with E-state index in [1.54, 1.807) is 0 Å². The van der Waals surface area contributed by atoms with Crippen molar-refractivity contribution in [2.45, 2.75) is 12.3 Å². The second-order valence-corrected chi connectivity index (χ2v) is 5.23. The van der Waals surface area contributed by atoms with Gasteiger partial charge in [0.15, 0.2) is 0 Å². The first-order chi connectivity index (χ1) is 7.86. The second-order valence-electron chi connectivity index (χ2n) is 4.37. The van der Waals surface area contributed by atoms with Gasteiger partial charge in [-0.3, -0.25) is 0 Å². The average Bonchev–Trinajstić information content (AvgIpc) is 2.82. The molecule has 1 saturated heterocycles. The van der Waals surface area contributed by atoms with Crippen LogP contribution < -0.4 is 5.32 Å². The topological polar surface area (TPSA) is 12.0 Å². The molecule has 1 atom stereocenters. The van der Waals surface area contributed by atoms with Crippen molar-refractivity contribution in [3.05, 3.63) is 46.4 Å². The summed E-state index contributed by atoms with van der Waals surface area (Å²) in [6, 6.07) is 13.0. The monoisotopic (exact) mass is 275 g/mol. The van der Waals surface area contributed by atoms with Gasteiger partial charge in [0, 0.05) is 11.0 Å². The first-order valence-electron chi connectivity index (χ1n) is 5.74. The number of halogens is 1. The third kappa shape index (κ3) is 1.66. The molecule has 1 nitrogen and oxygen atoms in total. The molecule has 1 aliphatic rings. The summed E-state index contributed by atoms with van der Waals surface area (Å²) in [5.41, 5.74) is 1.48. The fraction of sp³-hybridized carbons (Fsp3) is 0.286. The zero-order valence-corrected chi connectivity index (χ0v) is 10.6. The highest BCUT2D eigenvalue weighted by atomic mass is 79.9. The largest absolute Gasteiger partial charge is 0.316 e. The smallest absolute Gasteiger partial charge is 0.0256 e. The van der Waals surface area contributed by atoms with Crippen LogP contribution in [0.15, 0.2) is 40.9 Å². The van der Waals surface area contributed by atoms with Crippen LogP contribution >= 0.6 is 15.9 Å². The molecule has 1 heterocycles. The maximum absolute atomic E-state index is 3.67. The highest BCUT2D eigenvalue weighted by Gasteiger charge is 2.19. The van der Waals surface area contributed by atoms with Crippen LogP contribution in [0, 0.1) is 0 Å². The van der Waals surface area contributed by atoms with Gasteiger partial charge in [-0.2, -0.15) is 0 Å². The van der Waals surface area contributed by atoms with E-state index in [-0.39, 0.29) is 0 Å². The maximum Gasteiger partial charge on any atom is 0.0256 e. The number of fused-ring (bicyclic) bond motifs is 1. The molecule has 2 aromatic rings. The Bertz CT molecular complexity index is 510. The molecule has 1 aliphatic heterocycles. The van der Waals surface area contributed by atoms with Gasteiger partial charge in [0.1, 0.15) is 0 Å². The van der Waals surface area contributed by atoms with Gasteiger partial charge in [0.25, 0.3) is 0 Å². The number of hydrogen-bond donors (Lipinski definition) is 1. The number of hydrogen-bond acceptors (Lipinski definition) is 1. The lowest BCUT2D eigenvalue weighted by molar-refractivity contribution is 0.770. The highest BCUT2D eigenvalue weighted by Crippen LogP contribution is 2.33. The van der Waals surface area contributed by atoms with Crippen molar-refractivity contribution < 1.29 is 0 Å². The molecule has 0 radical (unpaired) electrons. The van der Waals surface area contributed by atoms with Gasteiger partial charge in [-0.1, -0.05) is 46.3 Å². The van der Waals surface area contributed by atoms with Crippen LogP contribution in [0.5, 0.6) is 0 Å². The van der Waals surface area contributed by atoms with Gasteiger partial charge < -0.3 is 5.32 Å². The molecule has 1 fully saturated rings.